The lowest BCUT2D eigenvalue weighted by Crippen LogP contribution is -2.40. The fourth-order valence-electron chi connectivity index (χ4n) is 3.28. The molecule has 3 aromatic rings. The molecule has 29 heavy (non-hydrogen) atoms. The van der Waals surface area contributed by atoms with E-state index >= 15 is 0 Å². The number of nitrogens with one attached hydrogen (secondary N) is 3. The number of carbonyl (C=O) groups is 3. The maximum Gasteiger partial charge on any atom is 0.322 e. The number of rotatable bonds is 4. The lowest BCUT2D eigenvalue weighted by Gasteiger charge is -2.21. The highest BCUT2D eigenvalue weighted by molar-refractivity contribution is 6.09. The van der Waals surface area contributed by atoms with E-state index in [9.17, 15) is 14.4 Å². The number of amides is 4. The summed E-state index contributed by atoms with van der Waals surface area (Å²) < 4.78 is 5.24. The topological polar surface area (TPSA) is 113 Å². The summed E-state index contributed by atoms with van der Waals surface area (Å²) in [5.74, 6) is -0.441. The summed E-state index contributed by atoms with van der Waals surface area (Å²) in [7, 11) is 0. The molecule has 1 aromatic heterocycles. The Hall–Kier alpha value is -3.94. The first kappa shape index (κ1) is 18.4. The maximum absolute atomic E-state index is 13.0. The van der Waals surface area contributed by atoms with Crippen LogP contribution >= 0.6 is 0 Å². The third kappa shape index (κ3) is 3.25. The van der Waals surface area contributed by atoms with Gasteiger partial charge in [-0.05, 0) is 31.5 Å². The van der Waals surface area contributed by atoms with Gasteiger partial charge in [-0.1, -0.05) is 47.6 Å². The average molecular weight is 390 g/mol. The summed E-state index contributed by atoms with van der Waals surface area (Å²) in [6.07, 6.45) is 0. The monoisotopic (exact) mass is 390 g/mol. The van der Waals surface area contributed by atoms with E-state index in [0.29, 0.717) is 28.3 Å². The summed E-state index contributed by atoms with van der Waals surface area (Å²) in [6, 6.07) is 15.5. The van der Waals surface area contributed by atoms with E-state index in [-0.39, 0.29) is 5.91 Å². The molecule has 0 radical (unpaired) electrons. The van der Waals surface area contributed by atoms with E-state index in [0.717, 1.165) is 5.56 Å². The van der Waals surface area contributed by atoms with Crippen LogP contribution in [0.5, 0.6) is 0 Å². The molecule has 1 unspecified atom stereocenters. The summed E-state index contributed by atoms with van der Waals surface area (Å²) >= 11 is 0. The molecular weight excluding hydrogens is 372 g/mol. The minimum atomic E-state index is -1.21. The molecule has 2 aromatic carbocycles. The van der Waals surface area contributed by atoms with Gasteiger partial charge in [-0.25, -0.2) is 4.79 Å². The zero-order chi connectivity index (χ0) is 20.6. The molecule has 4 amide bonds. The highest BCUT2D eigenvalue weighted by atomic mass is 16.5. The average Bonchev–Trinajstić information content (AvgIpc) is 3.22. The Balaban J connectivity index is 1.63. The highest BCUT2D eigenvalue weighted by Gasteiger charge is 2.43. The zero-order valence-electron chi connectivity index (χ0n) is 15.8. The van der Waals surface area contributed by atoms with Crippen LogP contribution in [0.3, 0.4) is 0 Å². The second-order valence-corrected chi connectivity index (χ2v) is 6.90. The van der Waals surface area contributed by atoms with Crippen LogP contribution in [-0.2, 0) is 10.3 Å². The largest absolute Gasteiger partial charge is 0.360 e. The van der Waals surface area contributed by atoms with Crippen LogP contribution in [0.4, 0.5) is 10.5 Å². The first-order valence-electron chi connectivity index (χ1n) is 8.95. The van der Waals surface area contributed by atoms with Crippen molar-refractivity contribution in [3.8, 4) is 11.3 Å². The summed E-state index contributed by atoms with van der Waals surface area (Å²) in [5.41, 5.74) is 1.36. The number of nitrogens with zero attached hydrogens (tertiary/aromatic N) is 1. The predicted molar refractivity (Wildman–Crippen MR) is 105 cm³/mol. The third-order valence-electron chi connectivity index (χ3n) is 4.88. The van der Waals surface area contributed by atoms with Gasteiger partial charge >= 0.3 is 6.03 Å². The number of urea groups is 1. The van der Waals surface area contributed by atoms with Crippen molar-refractivity contribution >= 4 is 23.5 Å². The van der Waals surface area contributed by atoms with E-state index in [1.165, 1.54) is 0 Å². The van der Waals surface area contributed by atoms with Gasteiger partial charge in [-0.15, -0.1) is 0 Å². The van der Waals surface area contributed by atoms with Gasteiger partial charge in [0.05, 0.1) is 0 Å². The minimum absolute atomic E-state index is 0.333. The smallest absolute Gasteiger partial charge is 0.322 e. The molecule has 1 atom stereocenters. The van der Waals surface area contributed by atoms with Crippen molar-refractivity contribution in [3.63, 3.8) is 0 Å². The van der Waals surface area contributed by atoms with Crippen molar-refractivity contribution in [3.05, 3.63) is 71.5 Å². The molecule has 2 heterocycles. The maximum atomic E-state index is 13.0. The molecule has 0 saturated carbocycles. The van der Waals surface area contributed by atoms with Gasteiger partial charge in [0.2, 0.25) is 0 Å². The van der Waals surface area contributed by atoms with Crippen LogP contribution in [0.1, 0.15) is 28.6 Å². The lowest BCUT2D eigenvalue weighted by atomic mass is 9.92. The Morgan fingerprint density at radius 1 is 1.10 bits per heavy atom. The number of benzene rings is 2. The van der Waals surface area contributed by atoms with Crippen LogP contribution in [0.15, 0.2) is 59.1 Å². The molecule has 1 saturated heterocycles. The molecule has 3 N–H and O–H groups in total. The molecule has 1 aliphatic rings. The number of hydrogen-bond donors (Lipinski definition) is 3. The van der Waals surface area contributed by atoms with Crippen molar-refractivity contribution in [2.24, 2.45) is 0 Å². The summed E-state index contributed by atoms with van der Waals surface area (Å²) in [6.45, 7) is 3.27. The van der Waals surface area contributed by atoms with Gasteiger partial charge in [0.25, 0.3) is 11.8 Å². The predicted octanol–water partition coefficient (Wildman–Crippen LogP) is 2.96. The van der Waals surface area contributed by atoms with Crippen molar-refractivity contribution in [1.82, 2.24) is 15.8 Å². The molecule has 8 nitrogen and oxygen atoms in total. The molecule has 1 aliphatic heterocycles. The quantitative estimate of drug-likeness (QED) is 0.593. The number of aryl methyl sites for hydroxylation is 1. The minimum Gasteiger partial charge on any atom is -0.360 e. The fraction of sp³-hybridized carbons (Fsp3) is 0.143. The van der Waals surface area contributed by atoms with Gasteiger partial charge in [0, 0.05) is 11.3 Å². The first-order chi connectivity index (χ1) is 13.9. The van der Waals surface area contributed by atoms with E-state index < -0.39 is 17.5 Å². The Morgan fingerprint density at radius 3 is 2.55 bits per heavy atom. The van der Waals surface area contributed by atoms with E-state index in [1.54, 1.807) is 38.1 Å². The number of anilines is 1. The van der Waals surface area contributed by atoms with Gasteiger partial charge in [-0.3, -0.25) is 14.9 Å². The van der Waals surface area contributed by atoms with Gasteiger partial charge in [0.15, 0.2) is 0 Å². The van der Waals surface area contributed by atoms with E-state index in [4.69, 9.17) is 4.52 Å². The number of imide groups is 1. The molecule has 146 valence electrons. The molecule has 0 spiro atoms. The van der Waals surface area contributed by atoms with Gasteiger partial charge in [-0.2, -0.15) is 0 Å². The second-order valence-electron chi connectivity index (χ2n) is 6.90. The Labute approximate surface area is 166 Å². The molecule has 0 bridgehead atoms. The molecule has 0 aliphatic carbocycles. The van der Waals surface area contributed by atoms with Crippen molar-refractivity contribution in [2.45, 2.75) is 19.4 Å². The summed E-state index contributed by atoms with van der Waals surface area (Å²) in [4.78, 5) is 36.7. The van der Waals surface area contributed by atoms with E-state index in [2.05, 4.69) is 21.1 Å². The van der Waals surface area contributed by atoms with Crippen LogP contribution in [-0.4, -0.2) is 23.0 Å². The lowest BCUT2D eigenvalue weighted by molar-refractivity contribution is -0.123. The molecular formula is C21H18N4O4. The Kier molecular flexibility index (Phi) is 4.38. The van der Waals surface area contributed by atoms with Crippen molar-refractivity contribution in [2.75, 3.05) is 5.32 Å². The number of aromatic nitrogens is 1. The Bertz CT molecular complexity index is 1120. The number of hydrogen-bond acceptors (Lipinski definition) is 5. The van der Waals surface area contributed by atoms with Crippen molar-refractivity contribution in [1.29, 1.82) is 0 Å². The van der Waals surface area contributed by atoms with Crippen LogP contribution < -0.4 is 16.0 Å². The SMILES string of the molecule is Cc1onc(-c2ccccc2)c1C(=O)Nc1cccc(C2(C)NC(=O)NC2=O)c1. The Morgan fingerprint density at radius 2 is 1.86 bits per heavy atom. The van der Waals surface area contributed by atoms with Gasteiger partial charge < -0.3 is 15.2 Å². The second kappa shape index (κ2) is 6.90. The van der Waals surface area contributed by atoms with Crippen LogP contribution in [0.2, 0.25) is 0 Å². The van der Waals surface area contributed by atoms with E-state index in [1.807, 2.05) is 30.3 Å². The standard InChI is InChI=1S/C21H18N4O4/c1-12-16(17(25-29-12)13-7-4-3-5-8-13)18(26)22-15-10-6-9-14(11-15)21(2)19(27)23-20(28)24-21/h3-11H,1-2H3,(H,22,26)(H2,23,24,27,28). The normalized spacial score (nSPS) is 18.3. The molecule has 4 rings (SSSR count). The molecule has 1 fully saturated rings. The zero-order valence-corrected chi connectivity index (χ0v) is 15.8. The van der Waals surface area contributed by atoms with Crippen molar-refractivity contribution < 1.29 is 18.9 Å². The van der Waals surface area contributed by atoms with Crippen LogP contribution in [0, 0.1) is 6.92 Å². The van der Waals surface area contributed by atoms with Crippen LogP contribution in [0.25, 0.3) is 11.3 Å². The number of carbonyl (C=O) groups excluding carboxylic acids is 3. The van der Waals surface area contributed by atoms with Gasteiger partial charge in [0.1, 0.15) is 22.6 Å². The first-order valence-corrected chi connectivity index (χ1v) is 8.95. The molecule has 8 heteroatoms. The summed E-state index contributed by atoms with van der Waals surface area (Å²) in [5, 5.41) is 11.7. The third-order valence-corrected chi connectivity index (χ3v) is 4.88. The fourth-order valence-corrected chi connectivity index (χ4v) is 3.28. The highest BCUT2D eigenvalue weighted by Crippen LogP contribution is 2.28.